The number of fused-ring (bicyclic) bond motifs is 3. The minimum absolute atomic E-state index is 0.192. The van der Waals surface area contributed by atoms with E-state index in [0.717, 1.165) is 4.70 Å². The fraction of sp³-hybridized carbons (Fsp3) is 0. The molecule has 0 aliphatic heterocycles. The Bertz CT molecular complexity index is 764. The maximum Gasteiger partial charge on any atom is 0.268 e. The van der Waals surface area contributed by atoms with Crippen LogP contribution in [0.3, 0.4) is 0 Å². The summed E-state index contributed by atoms with van der Waals surface area (Å²) in [7, 11) is 0. The van der Waals surface area contributed by atoms with Crippen LogP contribution in [0.4, 0.5) is 4.39 Å². The van der Waals surface area contributed by atoms with Gasteiger partial charge in [-0.3, -0.25) is 4.79 Å². The molecule has 2 heterocycles. The van der Waals surface area contributed by atoms with Crippen molar-refractivity contribution in [3.8, 4) is 0 Å². The predicted octanol–water partition coefficient (Wildman–Crippen LogP) is 3.04. The third-order valence-electron chi connectivity index (χ3n) is 2.30. The van der Waals surface area contributed by atoms with E-state index in [4.69, 9.17) is 0 Å². The van der Waals surface area contributed by atoms with Gasteiger partial charge < -0.3 is 4.98 Å². The zero-order chi connectivity index (χ0) is 11.3. The fourth-order valence-electron chi connectivity index (χ4n) is 1.58. The Morgan fingerprint density at radius 3 is 3.06 bits per heavy atom. The van der Waals surface area contributed by atoms with Crippen LogP contribution in [0.1, 0.15) is 0 Å². The van der Waals surface area contributed by atoms with Gasteiger partial charge in [-0.2, -0.15) is 0 Å². The molecule has 0 bridgehead atoms. The lowest BCUT2D eigenvalue weighted by Crippen LogP contribution is -2.03. The van der Waals surface area contributed by atoms with Crippen LogP contribution >= 0.6 is 27.3 Å². The number of H-pyrrole nitrogens is 1. The van der Waals surface area contributed by atoms with E-state index in [1.807, 2.05) is 0 Å². The van der Waals surface area contributed by atoms with E-state index >= 15 is 0 Å². The molecule has 80 valence electrons. The van der Waals surface area contributed by atoms with Crippen LogP contribution in [-0.2, 0) is 0 Å². The number of rotatable bonds is 0. The number of hydrogen-bond donors (Lipinski definition) is 1. The Balaban J connectivity index is 2.61. The first-order valence-corrected chi connectivity index (χ1v) is 6.03. The molecule has 16 heavy (non-hydrogen) atoms. The van der Waals surface area contributed by atoms with Gasteiger partial charge in [-0.05, 0) is 28.1 Å². The van der Waals surface area contributed by atoms with Crippen molar-refractivity contribution in [2.75, 3.05) is 0 Å². The lowest BCUT2D eigenvalue weighted by Gasteiger charge is -1.94. The number of benzene rings is 1. The molecule has 0 radical (unpaired) electrons. The van der Waals surface area contributed by atoms with Gasteiger partial charge in [-0.15, -0.1) is 11.3 Å². The second-order valence-electron chi connectivity index (χ2n) is 3.27. The Kier molecular flexibility index (Phi) is 2.08. The highest BCUT2D eigenvalue weighted by Crippen LogP contribution is 2.33. The first kappa shape index (κ1) is 9.92. The van der Waals surface area contributed by atoms with Crippen LogP contribution in [0.2, 0.25) is 0 Å². The Hall–Kier alpha value is -1.27. The van der Waals surface area contributed by atoms with Gasteiger partial charge in [0.05, 0.1) is 16.3 Å². The van der Waals surface area contributed by atoms with E-state index in [1.165, 1.54) is 23.7 Å². The van der Waals surface area contributed by atoms with E-state index in [1.54, 1.807) is 6.07 Å². The third kappa shape index (κ3) is 1.30. The summed E-state index contributed by atoms with van der Waals surface area (Å²) in [6.07, 6.45) is 1.33. The molecule has 0 aliphatic carbocycles. The second-order valence-corrected chi connectivity index (χ2v) is 5.18. The average molecular weight is 299 g/mol. The zero-order valence-electron chi connectivity index (χ0n) is 7.75. The number of nitrogens with one attached hydrogen (secondary N) is 1. The number of aromatic nitrogens is 2. The maximum atomic E-state index is 13.4. The van der Waals surface area contributed by atoms with Crippen LogP contribution < -0.4 is 5.56 Å². The van der Waals surface area contributed by atoms with Gasteiger partial charge >= 0.3 is 0 Å². The third-order valence-corrected chi connectivity index (χ3v) is 4.05. The van der Waals surface area contributed by atoms with Crippen molar-refractivity contribution in [2.24, 2.45) is 0 Å². The molecule has 0 fully saturated rings. The highest BCUT2D eigenvalue weighted by atomic mass is 79.9. The molecule has 0 unspecified atom stereocenters. The lowest BCUT2D eigenvalue weighted by molar-refractivity contribution is 0.623. The summed E-state index contributed by atoms with van der Waals surface area (Å²) in [5.41, 5.74) is 0.359. The Labute approximate surface area is 101 Å². The van der Waals surface area contributed by atoms with E-state index in [2.05, 4.69) is 25.9 Å². The molecule has 3 aromatic rings. The minimum Gasteiger partial charge on any atom is -0.312 e. The number of halogens is 2. The van der Waals surface area contributed by atoms with Crippen molar-refractivity contribution in [1.29, 1.82) is 0 Å². The first-order valence-electron chi connectivity index (χ1n) is 4.42. The normalized spacial score (nSPS) is 11.4. The average Bonchev–Trinajstić information content (AvgIpc) is 2.59. The summed E-state index contributed by atoms with van der Waals surface area (Å²) < 4.78 is 15.2. The Morgan fingerprint density at radius 2 is 2.25 bits per heavy atom. The van der Waals surface area contributed by atoms with Gasteiger partial charge in [0.15, 0.2) is 0 Å². The molecular weight excluding hydrogens is 295 g/mol. The number of thiophene rings is 1. The molecule has 2 aromatic heterocycles. The van der Waals surface area contributed by atoms with Crippen molar-refractivity contribution in [3.63, 3.8) is 0 Å². The first-order chi connectivity index (χ1) is 7.66. The molecule has 1 N–H and O–H groups in total. The van der Waals surface area contributed by atoms with E-state index in [9.17, 15) is 9.18 Å². The molecule has 0 amide bonds. The van der Waals surface area contributed by atoms with E-state index in [-0.39, 0.29) is 11.4 Å². The molecule has 3 rings (SSSR count). The molecule has 0 aliphatic rings. The summed E-state index contributed by atoms with van der Waals surface area (Å²) in [5, 5.41) is 0.673. The van der Waals surface area contributed by atoms with Crippen molar-refractivity contribution < 1.29 is 4.39 Å². The van der Waals surface area contributed by atoms with Crippen molar-refractivity contribution in [3.05, 3.63) is 39.1 Å². The van der Waals surface area contributed by atoms with E-state index in [0.29, 0.717) is 20.1 Å². The smallest absolute Gasteiger partial charge is 0.268 e. The van der Waals surface area contributed by atoms with Gasteiger partial charge in [0.2, 0.25) is 0 Å². The zero-order valence-corrected chi connectivity index (χ0v) is 10.2. The summed E-state index contributed by atoms with van der Waals surface area (Å²) in [5.74, 6) is -0.353. The van der Waals surface area contributed by atoms with Gasteiger partial charge in [-0.1, -0.05) is 0 Å². The van der Waals surface area contributed by atoms with Crippen LogP contribution in [0.25, 0.3) is 20.3 Å². The lowest BCUT2D eigenvalue weighted by atomic mass is 10.2. The van der Waals surface area contributed by atoms with Crippen molar-refractivity contribution in [2.45, 2.75) is 0 Å². The molecule has 6 heteroatoms. The Morgan fingerprint density at radius 1 is 1.44 bits per heavy atom. The second kappa shape index (κ2) is 3.36. The van der Waals surface area contributed by atoms with Crippen LogP contribution in [0.15, 0.2) is 27.7 Å². The summed E-state index contributed by atoms with van der Waals surface area (Å²) in [6, 6.07) is 3.06. The maximum absolute atomic E-state index is 13.4. The number of hydrogen-bond acceptors (Lipinski definition) is 3. The highest BCUT2D eigenvalue weighted by Gasteiger charge is 2.11. The standard InChI is InChI=1S/C10H4BrFN2OS/c11-5-2-7-4(1-6(5)12)8-9(16-7)10(15)14-3-13-8/h1-3H,(H,13,14,15). The van der Waals surface area contributed by atoms with Crippen LogP contribution in [0, 0.1) is 5.82 Å². The summed E-state index contributed by atoms with van der Waals surface area (Å²) in [4.78, 5) is 18.1. The number of aromatic amines is 1. The summed E-state index contributed by atoms with van der Waals surface area (Å²) >= 11 is 4.43. The predicted molar refractivity (Wildman–Crippen MR) is 65.4 cm³/mol. The van der Waals surface area contributed by atoms with Crippen molar-refractivity contribution >= 4 is 47.6 Å². The molecular formula is C10H4BrFN2OS. The van der Waals surface area contributed by atoms with E-state index < -0.39 is 0 Å². The van der Waals surface area contributed by atoms with Gasteiger partial charge in [0.1, 0.15) is 10.5 Å². The molecule has 0 saturated carbocycles. The van der Waals surface area contributed by atoms with Gasteiger partial charge in [0.25, 0.3) is 5.56 Å². The largest absolute Gasteiger partial charge is 0.312 e. The molecule has 0 atom stereocenters. The highest BCUT2D eigenvalue weighted by molar-refractivity contribution is 9.10. The SMILES string of the molecule is O=c1[nH]cnc2c1sc1cc(Br)c(F)cc12. The molecule has 3 nitrogen and oxygen atoms in total. The molecule has 0 saturated heterocycles. The molecule has 0 spiro atoms. The van der Waals surface area contributed by atoms with Gasteiger partial charge in [0, 0.05) is 10.1 Å². The minimum atomic E-state index is -0.353. The van der Waals surface area contributed by atoms with Crippen LogP contribution in [-0.4, -0.2) is 9.97 Å². The quantitative estimate of drug-likeness (QED) is 0.693. The molecule has 1 aromatic carbocycles. The summed E-state index contributed by atoms with van der Waals surface area (Å²) in [6.45, 7) is 0. The fourth-order valence-corrected chi connectivity index (χ4v) is 3.15. The van der Waals surface area contributed by atoms with Gasteiger partial charge in [-0.25, -0.2) is 9.37 Å². The number of nitrogens with zero attached hydrogens (tertiary/aromatic N) is 1. The van der Waals surface area contributed by atoms with Crippen molar-refractivity contribution in [1.82, 2.24) is 9.97 Å². The monoisotopic (exact) mass is 298 g/mol. The topological polar surface area (TPSA) is 45.8 Å². The van der Waals surface area contributed by atoms with Crippen LogP contribution in [0.5, 0.6) is 0 Å².